The van der Waals surface area contributed by atoms with E-state index in [1.54, 1.807) is 0 Å². The lowest BCUT2D eigenvalue weighted by Crippen LogP contribution is -2.34. The molecule has 0 radical (unpaired) electrons. The summed E-state index contributed by atoms with van der Waals surface area (Å²) in [5.74, 6) is 0.00117. The van der Waals surface area contributed by atoms with E-state index >= 15 is 0 Å². The van der Waals surface area contributed by atoms with Crippen LogP contribution in [0.5, 0.6) is 0 Å². The molecule has 2 amide bonds. The molecule has 2 saturated heterocycles. The van der Waals surface area contributed by atoms with Crippen LogP contribution in [-0.4, -0.2) is 35.8 Å². The van der Waals surface area contributed by atoms with Crippen LogP contribution in [0, 0.1) is 5.41 Å². The molecule has 96 valence electrons. The van der Waals surface area contributed by atoms with Crippen LogP contribution >= 0.6 is 0 Å². The van der Waals surface area contributed by atoms with E-state index in [1.165, 1.54) is 17.7 Å². The van der Waals surface area contributed by atoms with Gasteiger partial charge in [-0.3, -0.25) is 14.5 Å². The topological polar surface area (TPSA) is 49.4 Å². The van der Waals surface area contributed by atoms with Gasteiger partial charge < -0.3 is 5.32 Å². The van der Waals surface area contributed by atoms with Crippen molar-refractivity contribution in [2.75, 3.05) is 13.1 Å². The zero-order chi connectivity index (χ0) is 12.5. The molecule has 0 saturated carbocycles. The molecule has 1 atom stereocenters. The Hall–Kier alpha value is -0.900. The first-order valence-electron chi connectivity index (χ1n) is 6.59. The van der Waals surface area contributed by atoms with E-state index in [0.29, 0.717) is 19.0 Å². The molecule has 0 aromatic carbocycles. The van der Waals surface area contributed by atoms with Gasteiger partial charge in [0.25, 0.3) is 0 Å². The number of carbonyl (C=O) groups excluding carboxylic acids is 2. The van der Waals surface area contributed by atoms with Crippen molar-refractivity contribution in [3.05, 3.63) is 0 Å². The van der Waals surface area contributed by atoms with E-state index in [4.69, 9.17) is 0 Å². The highest BCUT2D eigenvalue weighted by Gasteiger charge is 2.44. The summed E-state index contributed by atoms with van der Waals surface area (Å²) in [6, 6.07) is 0.593. The van der Waals surface area contributed by atoms with Gasteiger partial charge >= 0.3 is 0 Å². The van der Waals surface area contributed by atoms with Crippen molar-refractivity contribution in [3.63, 3.8) is 0 Å². The Kier molecular flexibility index (Phi) is 3.52. The molecule has 1 N–H and O–H groups in total. The summed E-state index contributed by atoms with van der Waals surface area (Å²) in [5, 5.41) is 3.43. The van der Waals surface area contributed by atoms with Gasteiger partial charge in [-0.25, -0.2) is 0 Å². The largest absolute Gasteiger partial charge is 0.314 e. The molecule has 2 fully saturated rings. The summed E-state index contributed by atoms with van der Waals surface area (Å²) in [4.78, 5) is 25.1. The van der Waals surface area contributed by atoms with Crippen LogP contribution < -0.4 is 5.32 Å². The Morgan fingerprint density at radius 3 is 2.71 bits per heavy atom. The second-order valence-electron chi connectivity index (χ2n) is 5.85. The Balaban J connectivity index is 1.79. The third kappa shape index (κ3) is 2.68. The summed E-state index contributed by atoms with van der Waals surface area (Å²) in [7, 11) is 0. The highest BCUT2D eigenvalue weighted by Crippen LogP contribution is 2.31. The van der Waals surface area contributed by atoms with E-state index in [1.807, 2.05) is 13.8 Å². The average Bonchev–Trinajstić information content (AvgIpc) is 2.80. The van der Waals surface area contributed by atoms with Crippen molar-refractivity contribution in [3.8, 4) is 0 Å². The monoisotopic (exact) mass is 238 g/mol. The highest BCUT2D eigenvalue weighted by atomic mass is 16.2. The van der Waals surface area contributed by atoms with Crippen LogP contribution in [0.2, 0.25) is 0 Å². The van der Waals surface area contributed by atoms with Gasteiger partial charge in [0.05, 0.1) is 5.41 Å². The average molecular weight is 238 g/mol. The Morgan fingerprint density at radius 2 is 2.18 bits per heavy atom. The van der Waals surface area contributed by atoms with Crippen molar-refractivity contribution in [1.82, 2.24) is 10.2 Å². The van der Waals surface area contributed by atoms with Gasteiger partial charge in [-0.05, 0) is 32.2 Å². The van der Waals surface area contributed by atoms with E-state index in [2.05, 4.69) is 5.32 Å². The lowest BCUT2D eigenvalue weighted by atomic mass is 9.92. The third-order valence-electron chi connectivity index (χ3n) is 3.82. The van der Waals surface area contributed by atoms with Gasteiger partial charge in [-0.1, -0.05) is 13.8 Å². The van der Waals surface area contributed by atoms with Crippen LogP contribution in [-0.2, 0) is 9.59 Å². The second kappa shape index (κ2) is 4.77. The maximum absolute atomic E-state index is 12.0. The zero-order valence-electron chi connectivity index (χ0n) is 10.8. The predicted molar refractivity (Wildman–Crippen MR) is 65.4 cm³/mol. The van der Waals surface area contributed by atoms with E-state index in [-0.39, 0.29) is 11.8 Å². The molecular formula is C13H22N2O2. The van der Waals surface area contributed by atoms with Crippen molar-refractivity contribution in [2.45, 2.75) is 52.0 Å². The van der Waals surface area contributed by atoms with Crippen LogP contribution in [0.25, 0.3) is 0 Å². The Morgan fingerprint density at radius 1 is 1.41 bits per heavy atom. The molecule has 2 aliphatic heterocycles. The standard InChI is InChI=1S/C13H22N2O2/c1-13(2)9-11(16)15(12(13)17)8-4-6-10-5-3-7-14-10/h10,14H,3-9H2,1-2H3. The lowest BCUT2D eigenvalue weighted by Gasteiger charge is -2.18. The molecule has 0 aromatic rings. The zero-order valence-corrected chi connectivity index (χ0v) is 10.8. The molecule has 17 heavy (non-hydrogen) atoms. The molecule has 4 nitrogen and oxygen atoms in total. The predicted octanol–water partition coefficient (Wildman–Crippen LogP) is 1.30. The van der Waals surface area contributed by atoms with Crippen molar-refractivity contribution >= 4 is 11.8 Å². The van der Waals surface area contributed by atoms with Crippen LogP contribution in [0.4, 0.5) is 0 Å². The number of amides is 2. The van der Waals surface area contributed by atoms with E-state index in [9.17, 15) is 9.59 Å². The fraction of sp³-hybridized carbons (Fsp3) is 0.846. The Labute approximate surface area is 103 Å². The van der Waals surface area contributed by atoms with Crippen LogP contribution in [0.1, 0.15) is 46.0 Å². The van der Waals surface area contributed by atoms with E-state index < -0.39 is 5.41 Å². The maximum Gasteiger partial charge on any atom is 0.235 e. The number of carbonyl (C=O) groups is 2. The Bertz CT molecular complexity index is 319. The minimum absolute atomic E-state index is 0.000573. The molecule has 0 aromatic heterocycles. The number of hydrogen-bond acceptors (Lipinski definition) is 3. The minimum Gasteiger partial charge on any atom is -0.314 e. The molecule has 0 bridgehead atoms. The maximum atomic E-state index is 12.0. The highest BCUT2D eigenvalue weighted by molar-refractivity contribution is 6.05. The summed E-state index contributed by atoms with van der Waals surface area (Å²) in [6.45, 7) is 5.41. The number of rotatable bonds is 4. The second-order valence-corrected chi connectivity index (χ2v) is 5.85. The first-order valence-corrected chi connectivity index (χ1v) is 6.59. The van der Waals surface area contributed by atoms with Gasteiger partial charge in [0.2, 0.25) is 11.8 Å². The van der Waals surface area contributed by atoms with Gasteiger partial charge in [-0.15, -0.1) is 0 Å². The fourth-order valence-electron chi connectivity index (χ4n) is 2.75. The van der Waals surface area contributed by atoms with Crippen LogP contribution in [0.3, 0.4) is 0 Å². The molecule has 2 heterocycles. The lowest BCUT2D eigenvalue weighted by molar-refractivity contribution is -0.140. The number of likely N-dealkylation sites (tertiary alicyclic amines) is 1. The fourth-order valence-corrected chi connectivity index (χ4v) is 2.75. The first kappa shape index (κ1) is 12.6. The summed E-state index contributed by atoms with van der Waals surface area (Å²) >= 11 is 0. The molecule has 4 heteroatoms. The van der Waals surface area contributed by atoms with Crippen molar-refractivity contribution in [2.24, 2.45) is 5.41 Å². The van der Waals surface area contributed by atoms with Gasteiger partial charge in [0.1, 0.15) is 0 Å². The smallest absolute Gasteiger partial charge is 0.235 e. The quantitative estimate of drug-likeness (QED) is 0.751. The molecule has 0 spiro atoms. The van der Waals surface area contributed by atoms with E-state index in [0.717, 1.165) is 19.4 Å². The summed E-state index contributed by atoms with van der Waals surface area (Å²) < 4.78 is 0. The minimum atomic E-state index is -0.483. The molecular weight excluding hydrogens is 216 g/mol. The van der Waals surface area contributed by atoms with Gasteiger partial charge in [0, 0.05) is 19.0 Å². The molecule has 0 aliphatic carbocycles. The SMILES string of the molecule is CC1(C)CC(=O)N(CCCC2CCCN2)C1=O. The third-order valence-corrected chi connectivity index (χ3v) is 3.82. The van der Waals surface area contributed by atoms with Crippen molar-refractivity contribution < 1.29 is 9.59 Å². The summed E-state index contributed by atoms with van der Waals surface area (Å²) in [5.41, 5.74) is -0.483. The number of imide groups is 1. The van der Waals surface area contributed by atoms with Crippen LogP contribution in [0.15, 0.2) is 0 Å². The first-order chi connectivity index (χ1) is 8.00. The summed E-state index contributed by atoms with van der Waals surface area (Å²) in [6.07, 6.45) is 4.84. The molecule has 2 aliphatic rings. The molecule has 2 rings (SSSR count). The van der Waals surface area contributed by atoms with Crippen molar-refractivity contribution in [1.29, 1.82) is 0 Å². The number of hydrogen-bond donors (Lipinski definition) is 1. The number of nitrogens with zero attached hydrogens (tertiary/aromatic N) is 1. The van der Waals surface area contributed by atoms with Gasteiger partial charge in [0.15, 0.2) is 0 Å². The molecule has 1 unspecified atom stereocenters. The number of nitrogens with one attached hydrogen (secondary N) is 1. The van der Waals surface area contributed by atoms with Gasteiger partial charge in [-0.2, -0.15) is 0 Å². The normalized spacial score (nSPS) is 28.1.